The summed E-state index contributed by atoms with van der Waals surface area (Å²) in [7, 11) is -3.67. The van der Waals surface area contributed by atoms with Crippen LogP contribution in [0.25, 0.3) is 0 Å². The Labute approximate surface area is 186 Å². The summed E-state index contributed by atoms with van der Waals surface area (Å²) in [6, 6.07) is 18.3. The van der Waals surface area contributed by atoms with E-state index in [-0.39, 0.29) is 16.8 Å². The Bertz CT molecular complexity index is 1200. The molecule has 31 heavy (non-hydrogen) atoms. The van der Waals surface area contributed by atoms with Gasteiger partial charge in [0.15, 0.2) is 0 Å². The SMILES string of the molecule is O=C(NC(c1ccccc1)C1CC1)c1cccc(S(=O)(=O)N2CCc3sccc3C2)c1. The number of carbonyl (C=O) groups excluding carboxylic acids is 1. The van der Waals surface area contributed by atoms with Gasteiger partial charge in [-0.05, 0) is 66.0 Å². The van der Waals surface area contributed by atoms with E-state index in [1.807, 2.05) is 41.8 Å². The zero-order valence-electron chi connectivity index (χ0n) is 17.0. The Balaban J connectivity index is 1.36. The smallest absolute Gasteiger partial charge is 0.251 e. The van der Waals surface area contributed by atoms with E-state index in [0.717, 1.165) is 30.4 Å². The number of hydrogen-bond acceptors (Lipinski definition) is 4. The van der Waals surface area contributed by atoms with Crippen LogP contribution in [0.5, 0.6) is 0 Å². The van der Waals surface area contributed by atoms with Gasteiger partial charge in [-0.25, -0.2) is 8.42 Å². The maximum Gasteiger partial charge on any atom is 0.251 e. The second-order valence-electron chi connectivity index (χ2n) is 8.18. The van der Waals surface area contributed by atoms with Crippen molar-refractivity contribution in [2.45, 2.75) is 36.7 Å². The molecule has 5 rings (SSSR count). The third-order valence-corrected chi connectivity index (χ3v) is 8.91. The summed E-state index contributed by atoms with van der Waals surface area (Å²) in [6.45, 7) is 0.847. The molecule has 0 saturated heterocycles. The molecule has 2 aliphatic rings. The lowest BCUT2D eigenvalue weighted by Crippen LogP contribution is -2.35. The van der Waals surface area contributed by atoms with Gasteiger partial charge in [-0.15, -0.1) is 11.3 Å². The molecule has 1 N–H and O–H groups in total. The maximum absolute atomic E-state index is 13.3. The number of benzene rings is 2. The van der Waals surface area contributed by atoms with E-state index >= 15 is 0 Å². The van der Waals surface area contributed by atoms with Crippen molar-refractivity contribution in [3.05, 3.63) is 87.6 Å². The zero-order valence-corrected chi connectivity index (χ0v) is 18.7. The van der Waals surface area contributed by atoms with E-state index in [1.54, 1.807) is 29.5 Å². The lowest BCUT2D eigenvalue weighted by molar-refractivity contribution is 0.0931. The molecule has 1 aromatic heterocycles. The van der Waals surface area contributed by atoms with Crippen molar-refractivity contribution in [3.63, 3.8) is 0 Å². The van der Waals surface area contributed by atoms with Gasteiger partial charge in [0.05, 0.1) is 10.9 Å². The first-order valence-electron chi connectivity index (χ1n) is 10.5. The molecule has 0 bridgehead atoms. The van der Waals surface area contributed by atoms with E-state index in [0.29, 0.717) is 24.6 Å². The monoisotopic (exact) mass is 452 g/mol. The number of thiophene rings is 1. The van der Waals surface area contributed by atoms with E-state index < -0.39 is 10.0 Å². The van der Waals surface area contributed by atoms with Crippen LogP contribution in [0.1, 0.15) is 45.2 Å². The molecular formula is C24H24N2O3S2. The summed E-state index contributed by atoms with van der Waals surface area (Å²) in [5.41, 5.74) is 2.53. The summed E-state index contributed by atoms with van der Waals surface area (Å²) in [5.74, 6) is 0.197. The molecular weight excluding hydrogens is 428 g/mol. The Kier molecular flexibility index (Phi) is 5.42. The topological polar surface area (TPSA) is 66.5 Å². The van der Waals surface area contributed by atoms with Crippen LogP contribution < -0.4 is 5.32 Å². The van der Waals surface area contributed by atoms with Gasteiger partial charge in [-0.3, -0.25) is 4.79 Å². The van der Waals surface area contributed by atoms with E-state index in [1.165, 1.54) is 15.2 Å². The first kappa shape index (κ1) is 20.4. The van der Waals surface area contributed by atoms with E-state index in [9.17, 15) is 13.2 Å². The van der Waals surface area contributed by atoms with Crippen LogP contribution in [0.2, 0.25) is 0 Å². The predicted molar refractivity (Wildman–Crippen MR) is 121 cm³/mol. The highest BCUT2D eigenvalue weighted by molar-refractivity contribution is 7.89. The van der Waals surface area contributed by atoms with Crippen molar-refractivity contribution in [1.29, 1.82) is 0 Å². The van der Waals surface area contributed by atoms with Crippen molar-refractivity contribution >= 4 is 27.3 Å². The summed E-state index contributed by atoms with van der Waals surface area (Å²) in [6.07, 6.45) is 2.91. The van der Waals surface area contributed by atoms with Gasteiger partial charge in [0, 0.05) is 23.5 Å². The Morgan fingerprint density at radius 1 is 1.06 bits per heavy atom. The zero-order chi connectivity index (χ0) is 21.4. The third-order valence-electron chi connectivity index (χ3n) is 6.05. The number of fused-ring (bicyclic) bond motifs is 1. The number of rotatable bonds is 6. The van der Waals surface area contributed by atoms with Crippen molar-refractivity contribution in [2.75, 3.05) is 6.54 Å². The molecule has 1 unspecified atom stereocenters. The van der Waals surface area contributed by atoms with Crippen LogP contribution in [0.15, 0.2) is 70.9 Å². The van der Waals surface area contributed by atoms with Crippen LogP contribution in [-0.4, -0.2) is 25.2 Å². The summed E-state index contributed by atoms with van der Waals surface area (Å²) >= 11 is 1.68. The average molecular weight is 453 g/mol. The first-order valence-corrected chi connectivity index (χ1v) is 12.9. The summed E-state index contributed by atoms with van der Waals surface area (Å²) < 4.78 is 28.0. The average Bonchev–Trinajstić information content (AvgIpc) is 3.53. The maximum atomic E-state index is 13.3. The lowest BCUT2D eigenvalue weighted by Gasteiger charge is -2.26. The van der Waals surface area contributed by atoms with Crippen LogP contribution in [0, 0.1) is 5.92 Å². The Hall–Kier alpha value is -2.48. The predicted octanol–water partition coefficient (Wildman–Crippen LogP) is 4.38. The van der Waals surface area contributed by atoms with Crippen LogP contribution in [-0.2, 0) is 23.0 Å². The number of amides is 1. The van der Waals surface area contributed by atoms with E-state index in [2.05, 4.69) is 5.32 Å². The minimum atomic E-state index is -3.67. The Morgan fingerprint density at radius 3 is 2.65 bits per heavy atom. The minimum Gasteiger partial charge on any atom is -0.345 e. The molecule has 2 heterocycles. The van der Waals surface area contributed by atoms with Gasteiger partial charge in [-0.1, -0.05) is 36.4 Å². The van der Waals surface area contributed by atoms with Gasteiger partial charge >= 0.3 is 0 Å². The third kappa shape index (κ3) is 4.18. The van der Waals surface area contributed by atoms with Crippen LogP contribution in [0.3, 0.4) is 0 Å². The van der Waals surface area contributed by atoms with Crippen molar-refractivity contribution in [1.82, 2.24) is 9.62 Å². The van der Waals surface area contributed by atoms with Crippen molar-refractivity contribution in [2.24, 2.45) is 5.92 Å². The standard InChI is InChI=1S/C24H24N2O3S2/c27-24(25-23(18-9-10-18)17-5-2-1-3-6-17)19-7-4-8-21(15-19)31(28,29)26-13-11-22-20(16-26)12-14-30-22/h1-8,12,14-15,18,23H,9-11,13,16H2,(H,25,27). The van der Waals surface area contributed by atoms with Gasteiger partial charge in [-0.2, -0.15) is 4.31 Å². The van der Waals surface area contributed by atoms with E-state index in [4.69, 9.17) is 0 Å². The molecule has 1 atom stereocenters. The Morgan fingerprint density at radius 2 is 1.87 bits per heavy atom. The highest BCUT2D eigenvalue weighted by Gasteiger charge is 2.34. The molecule has 1 aliphatic carbocycles. The number of hydrogen-bond donors (Lipinski definition) is 1. The van der Waals surface area contributed by atoms with Gasteiger partial charge in [0.25, 0.3) is 5.91 Å². The van der Waals surface area contributed by atoms with Crippen molar-refractivity contribution < 1.29 is 13.2 Å². The largest absolute Gasteiger partial charge is 0.345 e. The number of carbonyl (C=O) groups is 1. The van der Waals surface area contributed by atoms with Crippen molar-refractivity contribution in [3.8, 4) is 0 Å². The first-order chi connectivity index (χ1) is 15.0. The fourth-order valence-corrected chi connectivity index (χ4v) is 6.52. The lowest BCUT2D eigenvalue weighted by atomic mass is 10.0. The molecule has 1 aliphatic heterocycles. The fourth-order valence-electron chi connectivity index (χ4n) is 4.16. The number of nitrogens with one attached hydrogen (secondary N) is 1. The van der Waals surface area contributed by atoms with Crippen LogP contribution >= 0.6 is 11.3 Å². The highest BCUT2D eigenvalue weighted by Crippen LogP contribution is 2.41. The molecule has 160 valence electrons. The minimum absolute atomic E-state index is 0.0481. The molecule has 3 aromatic rings. The molecule has 1 amide bonds. The normalized spacial score (nSPS) is 17.7. The molecule has 2 aromatic carbocycles. The molecule has 0 radical (unpaired) electrons. The fraction of sp³-hybridized carbons (Fsp3) is 0.292. The summed E-state index contributed by atoms with van der Waals surface area (Å²) in [4.78, 5) is 14.5. The number of sulfonamides is 1. The van der Waals surface area contributed by atoms with Gasteiger partial charge < -0.3 is 5.32 Å². The molecule has 1 fully saturated rings. The van der Waals surface area contributed by atoms with Crippen LogP contribution in [0.4, 0.5) is 0 Å². The molecule has 0 spiro atoms. The molecule has 7 heteroatoms. The van der Waals surface area contributed by atoms with Gasteiger partial charge in [0.2, 0.25) is 10.0 Å². The number of nitrogens with zero attached hydrogens (tertiary/aromatic N) is 1. The van der Waals surface area contributed by atoms with Gasteiger partial charge in [0.1, 0.15) is 0 Å². The molecule has 1 saturated carbocycles. The second-order valence-corrected chi connectivity index (χ2v) is 11.1. The highest BCUT2D eigenvalue weighted by atomic mass is 32.2. The quantitative estimate of drug-likeness (QED) is 0.604. The second kappa shape index (κ2) is 8.22. The summed E-state index contributed by atoms with van der Waals surface area (Å²) in [5, 5.41) is 5.14. The molecule has 5 nitrogen and oxygen atoms in total.